The van der Waals surface area contributed by atoms with Crippen LogP contribution < -0.4 is 5.73 Å². The van der Waals surface area contributed by atoms with E-state index < -0.39 is 0 Å². The van der Waals surface area contributed by atoms with E-state index in [9.17, 15) is 0 Å². The first-order chi connectivity index (χ1) is 7.34. The second kappa shape index (κ2) is 2.43. The molecule has 3 aliphatic rings. The van der Waals surface area contributed by atoms with Gasteiger partial charge in [-0.1, -0.05) is 6.07 Å². The minimum Gasteiger partial charge on any atom is -0.327 e. The Bertz CT molecular complexity index is 402. The van der Waals surface area contributed by atoms with Crippen LogP contribution in [0.4, 0.5) is 0 Å². The standard InChI is InChI=1S/C13H16N2/c14-12-11-10(8-2-1-5-15-7-8)6-9-3-4-13(9,11)12/h1-2,5,7,9-12H,3-4,6,14H2. The van der Waals surface area contributed by atoms with Gasteiger partial charge in [-0.3, -0.25) is 4.98 Å². The summed E-state index contributed by atoms with van der Waals surface area (Å²) in [4.78, 5) is 4.23. The van der Waals surface area contributed by atoms with Gasteiger partial charge in [0.2, 0.25) is 0 Å². The highest BCUT2D eigenvalue weighted by Crippen LogP contribution is 2.78. The van der Waals surface area contributed by atoms with Crippen LogP contribution in [-0.4, -0.2) is 11.0 Å². The molecule has 0 aliphatic heterocycles. The molecule has 0 bridgehead atoms. The molecule has 1 spiro atoms. The highest BCUT2D eigenvalue weighted by molar-refractivity contribution is 5.35. The molecule has 5 atom stereocenters. The second-order valence-electron chi connectivity index (χ2n) is 5.53. The normalized spacial score (nSPS) is 50.5. The first-order valence-electron chi connectivity index (χ1n) is 5.99. The highest BCUT2D eigenvalue weighted by atomic mass is 14.9. The van der Waals surface area contributed by atoms with Gasteiger partial charge in [0, 0.05) is 18.4 Å². The Morgan fingerprint density at radius 3 is 2.93 bits per heavy atom. The fourth-order valence-corrected chi connectivity index (χ4v) is 4.43. The monoisotopic (exact) mass is 200 g/mol. The van der Waals surface area contributed by atoms with Gasteiger partial charge in [0.15, 0.2) is 0 Å². The van der Waals surface area contributed by atoms with E-state index in [4.69, 9.17) is 5.73 Å². The Kier molecular flexibility index (Phi) is 1.34. The van der Waals surface area contributed by atoms with Crippen molar-refractivity contribution in [2.45, 2.75) is 31.2 Å². The smallest absolute Gasteiger partial charge is 0.0302 e. The lowest BCUT2D eigenvalue weighted by atomic mass is 9.70. The van der Waals surface area contributed by atoms with Gasteiger partial charge in [-0.2, -0.15) is 0 Å². The molecule has 5 unspecified atom stereocenters. The van der Waals surface area contributed by atoms with E-state index >= 15 is 0 Å². The van der Waals surface area contributed by atoms with Crippen molar-refractivity contribution in [3.8, 4) is 0 Å². The Hall–Kier alpha value is -0.890. The number of nitrogens with two attached hydrogens (primary N) is 1. The van der Waals surface area contributed by atoms with Crippen molar-refractivity contribution in [3.63, 3.8) is 0 Å². The Morgan fingerprint density at radius 2 is 2.40 bits per heavy atom. The van der Waals surface area contributed by atoms with E-state index in [0.29, 0.717) is 17.4 Å². The largest absolute Gasteiger partial charge is 0.327 e. The number of nitrogens with zero attached hydrogens (tertiary/aromatic N) is 1. The van der Waals surface area contributed by atoms with Crippen molar-refractivity contribution in [3.05, 3.63) is 30.1 Å². The van der Waals surface area contributed by atoms with Gasteiger partial charge in [-0.15, -0.1) is 0 Å². The summed E-state index contributed by atoms with van der Waals surface area (Å²) in [6.07, 6.45) is 8.06. The zero-order chi connectivity index (χ0) is 10.0. The number of hydrogen-bond acceptors (Lipinski definition) is 2. The van der Waals surface area contributed by atoms with Crippen LogP contribution in [-0.2, 0) is 0 Å². The van der Waals surface area contributed by atoms with Gasteiger partial charge < -0.3 is 5.73 Å². The molecular weight excluding hydrogens is 184 g/mol. The third kappa shape index (κ3) is 0.795. The maximum absolute atomic E-state index is 6.26. The summed E-state index contributed by atoms with van der Waals surface area (Å²) in [5, 5.41) is 0. The number of pyridine rings is 1. The van der Waals surface area contributed by atoms with Gasteiger partial charge >= 0.3 is 0 Å². The molecule has 4 rings (SSSR count). The van der Waals surface area contributed by atoms with Gasteiger partial charge in [-0.25, -0.2) is 0 Å². The van der Waals surface area contributed by atoms with E-state index in [2.05, 4.69) is 17.1 Å². The molecule has 3 aliphatic carbocycles. The van der Waals surface area contributed by atoms with E-state index in [0.717, 1.165) is 11.8 Å². The predicted octanol–water partition coefficient (Wildman–Crippen LogP) is 1.92. The zero-order valence-electron chi connectivity index (χ0n) is 8.76. The summed E-state index contributed by atoms with van der Waals surface area (Å²) in [7, 11) is 0. The van der Waals surface area contributed by atoms with Crippen LogP contribution in [0.5, 0.6) is 0 Å². The number of rotatable bonds is 1. The number of hydrogen-bond donors (Lipinski definition) is 1. The fourth-order valence-electron chi connectivity index (χ4n) is 4.43. The number of aromatic nitrogens is 1. The van der Waals surface area contributed by atoms with Crippen LogP contribution in [0.15, 0.2) is 24.5 Å². The molecule has 15 heavy (non-hydrogen) atoms. The molecule has 3 fully saturated rings. The second-order valence-corrected chi connectivity index (χ2v) is 5.53. The first kappa shape index (κ1) is 8.28. The van der Waals surface area contributed by atoms with Crippen LogP contribution >= 0.6 is 0 Å². The molecule has 2 nitrogen and oxygen atoms in total. The maximum Gasteiger partial charge on any atom is 0.0302 e. The molecular formula is C13H16N2. The van der Waals surface area contributed by atoms with E-state index in [1.54, 1.807) is 0 Å². The lowest BCUT2D eigenvalue weighted by Gasteiger charge is -2.35. The average Bonchev–Trinajstić information content (AvgIpc) is 2.80. The topological polar surface area (TPSA) is 38.9 Å². The van der Waals surface area contributed by atoms with Crippen molar-refractivity contribution in [2.75, 3.05) is 0 Å². The quantitative estimate of drug-likeness (QED) is 0.752. The molecule has 78 valence electrons. The van der Waals surface area contributed by atoms with Crippen LogP contribution in [0.2, 0.25) is 0 Å². The van der Waals surface area contributed by atoms with E-state index in [-0.39, 0.29) is 0 Å². The molecule has 3 saturated carbocycles. The van der Waals surface area contributed by atoms with Crippen LogP contribution in [0.3, 0.4) is 0 Å². The molecule has 0 saturated heterocycles. The lowest BCUT2D eigenvalue weighted by molar-refractivity contribution is 0.156. The maximum atomic E-state index is 6.26. The van der Waals surface area contributed by atoms with Crippen molar-refractivity contribution in [1.82, 2.24) is 4.98 Å². The summed E-state index contributed by atoms with van der Waals surface area (Å²) < 4.78 is 0. The summed E-state index contributed by atoms with van der Waals surface area (Å²) in [6, 6.07) is 4.77. The third-order valence-electron chi connectivity index (χ3n) is 5.29. The Labute approximate surface area is 89.9 Å². The Balaban J connectivity index is 1.71. The zero-order valence-corrected chi connectivity index (χ0v) is 8.76. The minimum absolute atomic E-state index is 0.496. The fraction of sp³-hybridized carbons (Fsp3) is 0.615. The van der Waals surface area contributed by atoms with Crippen molar-refractivity contribution in [2.24, 2.45) is 23.0 Å². The lowest BCUT2D eigenvalue weighted by Crippen LogP contribution is -2.32. The van der Waals surface area contributed by atoms with Gasteiger partial charge in [0.05, 0.1) is 0 Å². The molecule has 2 heteroatoms. The molecule has 0 aromatic carbocycles. The molecule has 0 amide bonds. The summed E-state index contributed by atoms with van der Waals surface area (Å²) in [5.74, 6) is 2.42. The molecule has 0 radical (unpaired) electrons. The first-order valence-corrected chi connectivity index (χ1v) is 5.99. The molecule has 2 N–H and O–H groups in total. The SMILES string of the molecule is NC1C2C(c3cccnc3)CC3CCC312. The van der Waals surface area contributed by atoms with Gasteiger partial charge in [0.1, 0.15) is 0 Å². The van der Waals surface area contributed by atoms with Gasteiger partial charge in [0.25, 0.3) is 0 Å². The molecule has 1 aromatic heterocycles. The highest BCUT2D eigenvalue weighted by Gasteiger charge is 2.76. The molecule has 1 heterocycles. The van der Waals surface area contributed by atoms with Crippen LogP contribution in [0.25, 0.3) is 0 Å². The molecule has 1 aromatic rings. The van der Waals surface area contributed by atoms with E-state index in [1.165, 1.54) is 24.8 Å². The van der Waals surface area contributed by atoms with Crippen LogP contribution in [0.1, 0.15) is 30.7 Å². The van der Waals surface area contributed by atoms with Gasteiger partial charge in [-0.05, 0) is 54.1 Å². The summed E-state index contributed by atoms with van der Waals surface area (Å²) in [6.45, 7) is 0. The third-order valence-corrected chi connectivity index (χ3v) is 5.29. The van der Waals surface area contributed by atoms with Crippen molar-refractivity contribution < 1.29 is 0 Å². The minimum atomic E-state index is 0.496. The van der Waals surface area contributed by atoms with E-state index in [1.807, 2.05) is 12.4 Å². The van der Waals surface area contributed by atoms with Crippen molar-refractivity contribution >= 4 is 0 Å². The predicted molar refractivity (Wildman–Crippen MR) is 58.2 cm³/mol. The average molecular weight is 200 g/mol. The Morgan fingerprint density at radius 1 is 1.47 bits per heavy atom. The summed E-state index contributed by atoms with van der Waals surface area (Å²) >= 11 is 0. The van der Waals surface area contributed by atoms with Crippen LogP contribution in [0, 0.1) is 17.3 Å². The summed E-state index contributed by atoms with van der Waals surface area (Å²) in [5.41, 5.74) is 8.26. The van der Waals surface area contributed by atoms with Crippen molar-refractivity contribution in [1.29, 1.82) is 0 Å².